The van der Waals surface area contributed by atoms with Gasteiger partial charge in [0.15, 0.2) is 5.78 Å². The molecule has 0 aliphatic heterocycles. The molecular formula is C10H10ClFOS. The summed E-state index contributed by atoms with van der Waals surface area (Å²) >= 11 is 7.01. The number of hydrogen-bond donors (Lipinski definition) is 0. The highest BCUT2D eigenvalue weighted by molar-refractivity contribution is 7.98. The highest BCUT2D eigenvalue weighted by atomic mass is 35.5. The highest BCUT2D eigenvalue weighted by Gasteiger charge is 2.16. The third-order valence-corrected chi connectivity index (χ3v) is 2.73. The van der Waals surface area contributed by atoms with Crippen molar-refractivity contribution in [2.75, 3.05) is 6.26 Å². The summed E-state index contributed by atoms with van der Waals surface area (Å²) in [5, 5.41) is -0.690. The van der Waals surface area contributed by atoms with Crippen LogP contribution >= 0.6 is 23.4 Å². The number of thioether (sulfide) groups is 1. The van der Waals surface area contributed by atoms with Gasteiger partial charge in [0.1, 0.15) is 5.82 Å². The Morgan fingerprint density at radius 3 is 2.64 bits per heavy atom. The molecule has 0 amide bonds. The number of carbonyl (C=O) groups excluding carboxylic acids is 1. The zero-order valence-electron chi connectivity index (χ0n) is 7.88. The average molecular weight is 233 g/mol. The Morgan fingerprint density at radius 2 is 2.21 bits per heavy atom. The summed E-state index contributed by atoms with van der Waals surface area (Å²) in [7, 11) is 0. The minimum Gasteiger partial charge on any atom is -0.292 e. The van der Waals surface area contributed by atoms with Gasteiger partial charge in [0, 0.05) is 4.90 Å². The van der Waals surface area contributed by atoms with Crippen molar-refractivity contribution in [2.24, 2.45) is 0 Å². The number of halogens is 2. The topological polar surface area (TPSA) is 17.1 Å². The van der Waals surface area contributed by atoms with Crippen LogP contribution in [0.15, 0.2) is 23.1 Å². The van der Waals surface area contributed by atoms with Crippen LogP contribution in [-0.4, -0.2) is 17.4 Å². The second kappa shape index (κ2) is 4.80. The molecule has 0 heterocycles. The molecule has 0 saturated carbocycles. The molecule has 0 saturated heterocycles. The first kappa shape index (κ1) is 11.5. The molecule has 1 atom stereocenters. The molecule has 1 rings (SSSR count). The molecule has 76 valence electrons. The zero-order valence-corrected chi connectivity index (χ0v) is 9.45. The van der Waals surface area contributed by atoms with E-state index in [1.807, 2.05) is 6.26 Å². The van der Waals surface area contributed by atoms with Crippen LogP contribution in [0.5, 0.6) is 0 Å². The van der Waals surface area contributed by atoms with Gasteiger partial charge in [-0.3, -0.25) is 4.79 Å². The van der Waals surface area contributed by atoms with E-state index in [9.17, 15) is 9.18 Å². The molecule has 0 aliphatic carbocycles. The van der Waals surface area contributed by atoms with Gasteiger partial charge in [0.2, 0.25) is 0 Å². The molecule has 4 heteroatoms. The van der Waals surface area contributed by atoms with Crippen molar-refractivity contribution in [2.45, 2.75) is 17.2 Å². The fourth-order valence-corrected chi connectivity index (χ4v) is 1.58. The summed E-state index contributed by atoms with van der Waals surface area (Å²) in [6.45, 7) is 1.53. The summed E-state index contributed by atoms with van der Waals surface area (Å²) in [5.41, 5.74) is 0.0605. The van der Waals surface area contributed by atoms with Gasteiger partial charge < -0.3 is 0 Å². The molecule has 0 bridgehead atoms. The van der Waals surface area contributed by atoms with Gasteiger partial charge in [0.25, 0.3) is 0 Å². The van der Waals surface area contributed by atoms with Gasteiger partial charge >= 0.3 is 0 Å². The standard InChI is InChI=1S/C10H10ClFOS/c1-6(11)10(13)8-4-3-7(14-2)5-9(8)12/h3-6H,1-2H3. The number of ketones is 1. The molecule has 0 spiro atoms. The van der Waals surface area contributed by atoms with Crippen LogP contribution in [0.4, 0.5) is 4.39 Å². The molecule has 1 nitrogen and oxygen atoms in total. The van der Waals surface area contributed by atoms with E-state index in [1.165, 1.54) is 30.8 Å². The van der Waals surface area contributed by atoms with Gasteiger partial charge in [-0.25, -0.2) is 4.39 Å². The van der Waals surface area contributed by atoms with Gasteiger partial charge in [-0.05, 0) is 31.4 Å². The SMILES string of the molecule is CSc1ccc(C(=O)C(C)Cl)c(F)c1. The fraction of sp³-hybridized carbons (Fsp3) is 0.300. The normalized spacial score (nSPS) is 12.6. The smallest absolute Gasteiger partial charge is 0.183 e. The van der Waals surface area contributed by atoms with E-state index in [2.05, 4.69) is 0 Å². The monoisotopic (exact) mass is 232 g/mol. The summed E-state index contributed by atoms with van der Waals surface area (Å²) in [4.78, 5) is 12.2. The lowest BCUT2D eigenvalue weighted by Crippen LogP contribution is -2.12. The number of alkyl halides is 1. The van der Waals surface area contributed by atoms with Crippen molar-refractivity contribution in [1.82, 2.24) is 0 Å². The van der Waals surface area contributed by atoms with E-state index < -0.39 is 11.2 Å². The van der Waals surface area contributed by atoms with E-state index >= 15 is 0 Å². The maximum Gasteiger partial charge on any atom is 0.183 e. The highest BCUT2D eigenvalue weighted by Crippen LogP contribution is 2.20. The van der Waals surface area contributed by atoms with E-state index in [0.717, 1.165) is 4.90 Å². The van der Waals surface area contributed by atoms with Crippen molar-refractivity contribution in [3.05, 3.63) is 29.6 Å². The molecule has 1 aromatic carbocycles. The summed E-state index contributed by atoms with van der Waals surface area (Å²) in [6, 6.07) is 4.53. The van der Waals surface area contributed by atoms with Crippen LogP contribution in [0, 0.1) is 5.82 Å². The van der Waals surface area contributed by atoms with Crippen molar-refractivity contribution >= 4 is 29.1 Å². The van der Waals surface area contributed by atoms with E-state index in [1.54, 1.807) is 6.07 Å². The predicted molar refractivity (Wildman–Crippen MR) is 57.8 cm³/mol. The van der Waals surface area contributed by atoms with Crippen molar-refractivity contribution in [1.29, 1.82) is 0 Å². The largest absolute Gasteiger partial charge is 0.292 e. The molecular weight excluding hydrogens is 223 g/mol. The first-order chi connectivity index (χ1) is 6.56. The molecule has 1 unspecified atom stereocenters. The van der Waals surface area contributed by atoms with E-state index in [-0.39, 0.29) is 11.3 Å². The molecule has 0 aromatic heterocycles. The Balaban J connectivity index is 3.06. The van der Waals surface area contributed by atoms with Crippen LogP contribution in [0.3, 0.4) is 0 Å². The summed E-state index contributed by atoms with van der Waals surface area (Å²) in [6.07, 6.45) is 1.85. The molecule has 0 fully saturated rings. The summed E-state index contributed by atoms with van der Waals surface area (Å²) < 4.78 is 13.4. The Morgan fingerprint density at radius 1 is 1.57 bits per heavy atom. The van der Waals surface area contributed by atoms with Crippen LogP contribution in [0.2, 0.25) is 0 Å². The Kier molecular flexibility index (Phi) is 3.96. The van der Waals surface area contributed by atoms with E-state index in [0.29, 0.717) is 0 Å². The first-order valence-corrected chi connectivity index (χ1v) is 5.74. The minimum atomic E-state index is -0.690. The van der Waals surface area contributed by atoms with Crippen LogP contribution in [0.25, 0.3) is 0 Å². The third-order valence-electron chi connectivity index (χ3n) is 1.80. The second-order valence-electron chi connectivity index (χ2n) is 2.83. The van der Waals surface area contributed by atoms with Crippen molar-refractivity contribution in [3.63, 3.8) is 0 Å². The van der Waals surface area contributed by atoms with Gasteiger partial charge in [-0.15, -0.1) is 23.4 Å². The van der Waals surface area contributed by atoms with Gasteiger partial charge in [-0.2, -0.15) is 0 Å². The number of rotatable bonds is 3. The van der Waals surface area contributed by atoms with Gasteiger partial charge in [-0.1, -0.05) is 0 Å². The van der Waals surface area contributed by atoms with Crippen LogP contribution in [0.1, 0.15) is 17.3 Å². The average Bonchev–Trinajstić information content (AvgIpc) is 2.16. The zero-order chi connectivity index (χ0) is 10.7. The van der Waals surface area contributed by atoms with Crippen LogP contribution in [-0.2, 0) is 0 Å². The molecule has 0 N–H and O–H groups in total. The molecule has 0 radical (unpaired) electrons. The van der Waals surface area contributed by atoms with E-state index in [4.69, 9.17) is 11.6 Å². The maximum atomic E-state index is 13.4. The lowest BCUT2D eigenvalue weighted by Gasteiger charge is -2.05. The first-order valence-electron chi connectivity index (χ1n) is 4.08. The number of benzene rings is 1. The predicted octanol–water partition coefficient (Wildman–Crippen LogP) is 3.36. The van der Waals surface area contributed by atoms with Crippen LogP contribution < -0.4 is 0 Å². The third kappa shape index (κ3) is 2.49. The lowest BCUT2D eigenvalue weighted by molar-refractivity contribution is 0.0988. The van der Waals surface area contributed by atoms with Crippen molar-refractivity contribution in [3.8, 4) is 0 Å². The lowest BCUT2D eigenvalue weighted by atomic mass is 10.1. The Bertz CT molecular complexity index is 352. The fourth-order valence-electron chi connectivity index (χ4n) is 1.04. The molecule has 1 aromatic rings. The van der Waals surface area contributed by atoms with Gasteiger partial charge in [0.05, 0.1) is 10.9 Å². The quantitative estimate of drug-likeness (QED) is 0.452. The maximum absolute atomic E-state index is 13.4. The molecule has 14 heavy (non-hydrogen) atoms. The molecule has 0 aliphatic rings. The number of carbonyl (C=O) groups is 1. The number of Topliss-reactive ketones (excluding diaryl/α,β-unsaturated/α-hetero) is 1. The Hall–Kier alpha value is -0.540. The number of hydrogen-bond acceptors (Lipinski definition) is 2. The summed E-state index contributed by atoms with van der Waals surface area (Å²) in [5.74, 6) is -0.883. The Labute approximate surface area is 91.6 Å². The second-order valence-corrected chi connectivity index (χ2v) is 4.36. The van der Waals surface area contributed by atoms with Crippen molar-refractivity contribution < 1.29 is 9.18 Å². The minimum absolute atomic E-state index is 0.0605.